The van der Waals surface area contributed by atoms with Crippen LogP contribution in [0.3, 0.4) is 0 Å². The fourth-order valence-electron chi connectivity index (χ4n) is 3.02. The largest absolute Gasteiger partial charge is 0.508 e. The zero-order valence-electron chi connectivity index (χ0n) is 16.7. The number of hydrogen-bond acceptors (Lipinski definition) is 3. The molecular formula is C23H22Br2Cl2O3. The number of hydrogen-bond donors (Lipinski definition) is 3. The molecule has 3 nitrogen and oxygen atoms in total. The third kappa shape index (κ3) is 6.55. The molecule has 0 saturated carbocycles. The van der Waals surface area contributed by atoms with Gasteiger partial charge >= 0.3 is 0 Å². The number of aromatic hydroxyl groups is 3. The van der Waals surface area contributed by atoms with Gasteiger partial charge in [-0.3, -0.25) is 0 Å². The van der Waals surface area contributed by atoms with Gasteiger partial charge in [-0.1, -0.05) is 43.1 Å². The summed E-state index contributed by atoms with van der Waals surface area (Å²) in [6.07, 6.45) is 0.315. The van der Waals surface area contributed by atoms with Crippen molar-refractivity contribution in [2.75, 3.05) is 0 Å². The van der Waals surface area contributed by atoms with Crippen molar-refractivity contribution in [3.8, 4) is 17.2 Å². The Morgan fingerprint density at radius 1 is 0.800 bits per heavy atom. The first-order valence-corrected chi connectivity index (χ1v) is 11.5. The molecule has 3 rings (SSSR count). The van der Waals surface area contributed by atoms with Crippen LogP contribution in [-0.2, 0) is 6.42 Å². The standard InChI is InChI=1S/C13H8Br2Cl2O2.C10H14O/c14-10-4-8(16)2-6(12(10)18)1-7-3-9(17)5-11(15)13(7)19;1-7(2)10-5-4-9(11)6-8(10)3/h2-5,18-19H,1H2;4-7,11H,1-3H3. The summed E-state index contributed by atoms with van der Waals surface area (Å²) in [4.78, 5) is 0. The van der Waals surface area contributed by atoms with E-state index in [0.29, 0.717) is 48.2 Å². The lowest BCUT2D eigenvalue weighted by molar-refractivity contribution is 0.459. The number of aryl methyl sites for hydroxylation is 1. The maximum Gasteiger partial charge on any atom is 0.133 e. The van der Waals surface area contributed by atoms with Gasteiger partial charge in [0.25, 0.3) is 0 Å². The van der Waals surface area contributed by atoms with Gasteiger partial charge in [-0.25, -0.2) is 0 Å². The van der Waals surface area contributed by atoms with E-state index < -0.39 is 0 Å². The lowest BCUT2D eigenvalue weighted by Crippen LogP contribution is -1.92. The van der Waals surface area contributed by atoms with Crippen LogP contribution < -0.4 is 0 Å². The van der Waals surface area contributed by atoms with E-state index in [0.717, 1.165) is 0 Å². The molecule has 0 radical (unpaired) electrons. The Bertz CT molecular complexity index is 998. The van der Waals surface area contributed by atoms with Gasteiger partial charge in [0.15, 0.2) is 0 Å². The molecule has 0 aliphatic carbocycles. The molecular weight excluding hydrogens is 555 g/mol. The summed E-state index contributed by atoms with van der Waals surface area (Å²) in [5.41, 5.74) is 3.68. The third-order valence-electron chi connectivity index (χ3n) is 4.47. The van der Waals surface area contributed by atoms with Gasteiger partial charge in [-0.05, 0) is 92.2 Å². The summed E-state index contributed by atoms with van der Waals surface area (Å²) in [7, 11) is 0. The number of benzene rings is 3. The monoisotopic (exact) mass is 574 g/mol. The fraction of sp³-hybridized carbons (Fsp3) is 0.217. The predicted molar refractivity (Wildman–Crippen MR) is 131 cm³/mol. The molecule has 0 aliphatic heterocycles. The van der Waals surface area contributed by atoms with Gasteiger partial charge in [-0.2, -0.15) is 0 Å². The fourth-order valence-corrected chi connectivity index (χ4v) is 4.77. The summed E-state index contributed by atoms with van der Waals surface area (Å²) < 4.78 is 1.02. The molecule has 0 saturated heterocycles. The SMILES string of the molecule is Cc1cc(O)ccc1C(C)C.Oc1c(Br)cc(Cl)cc1Cc1cc(Cl)cc(Br)c1O. The summed E-state index contributed by atoms with van der Waals surface area (Å²) in [6.45, 7) is 6.33. The number of phenolic OH excluding ortho intramolecular Hbond substituents is 3. The van der Waals surface area contributed by atoms with Crippen LogP contribution in [0.25, 0.3) is 0 Å². The van der Waals surface area contributed by atoms with Crippen molar-refractivity contribution in [3.63, 3.8) is 0 Å². The highest BCUT2D eigenvalue weighted by atomic mass is 79.9. The molecule has 3 aromatic carbocycles. The van der Waals surface area contributed by atoms with E-state index in [9.17, 15) is 10.2 Å². The Labute approximate surface area is 203 Å². The summed E-state index contributed by atoms with van der Waals surface area (Å²) in [5, 5.41) is 30.1. The van der Waals surface area contributed by atoms with Crippen LogP contribution in [-0.4, -0.2) is 15.3 Å². The number of phenols is 3. The molecule has 0 atom stereocenters. The average molecular weight is 577 g/mol. The summed E-state index contributed by atoms with van der Waals surface area (Å²) in [5.74, 6) is 1.09. The van der Waals surface area contributed by atoms with E-state index in [2.05, 4.69) is 45.7 Å². The molecule has 30 heavy (non-hydrogen) atoms. The van der Waals surface area contributed by atoms with Crippen molar-refractivity contribution in [1.82, 2.24) is 0 Å². The highest BCUT2D eigenvalue weighted by Crippen LogP contribution is 2.37. The van der Waals surface area contributed by atoms with Crippen molar-refractivity contribution in [2.45, 2.75) is 33.1 Å². The first-order chi connectivity index (χ1) is 14.0. The van der Waals surface area contributed by atoms with E-state index in [-0.39, 0.29) is 11.5 Å². The number of halogens is 4. The highest BCUT2D eigenvalue weighted by molar-refractivity contribution is 9.10. The maximum absolute atomic E-state index is 9.98. The van der Waals surface area contributed by atoms with Crippen LogP contribution in [0.2, 0.25) is 10.0 Å². The molecule has 3 N–H and O–H groups in total. The minimum atomic E-state index is 0.0971. The van der Waals surface area contributed by atoms with Crippen LogP contribution in [0, 0.1) is 6.92 Å². The zero-order valence-corrected chi connectivity index (χ0v) is 21.4. The zero-order chi connectivity index (χ0) is 22.6. The quantitative estimate of drug-likeness (QED) is 0.294. The van der Waals surface area contributed by atoms with Crippen molar-refractivity contribution < 1.29 is 15.3 Å². The Kier molecular flexibility index (Phi) is 8.92. The van der Waals surface area contributed by atoms with Gasteiger partial charge < -0.3 is 15.3 Å². The minimum absolute atomic E-state index is 0.0971. The average Bonchev–Trinajstić information content (AvgIpc) is 2.63. The second-order valence-electron chi connectivity index (χ2n) is 7.16. The van der Waals surface area contributed by atoms with E-state index in [1.807, 2.05) is 13.0 Å². The Morgan fingerprint density at radius 3 is 1.67 bits per heavy atom. The van der Waals surface area contributed by atoms with Gasteiger partial charge in [0.2, 0.25) is 0 Å². The maximum atomic E-state index is 9.98. The van der Waals surface area contributed by atoms with Crippen LogP contribution in [0.1, 0.15) is 42.0 Å². The van der Waals surface area contributed by atoms with Crippen molar-refractivity contribution in [2.24, 2.45) is 0 Å². The van der Waals surface area contributed by atoms with Gasteiger partial charge in [0.05, 0.1) is 8.95 Å². The van der Waals surface area contributed by atoms with Gasteiger partial charge in [0.1, 0.15) is 17.2 Å². The van der Waals surface area contributed by atoms with Gasteiger partial charge in [-0.15, -0.1) is 0 Å². The van der Waals surface area contributed by atoms with Crippen LogP contribution in [0.4, 0.5) is 0 Å². The predicted octanol–water partition coefficient (Wildman–Crippen LogP) is 8.34. The third-order valence-corrected chi connectivity index (χ3v) is 6.12. The first-order valence-electron chi connectivity index (χ1n) is 9.12. The Balaban J connectivity index is 0.000000248. The molecule has 0 aliphatic rings. The highest BCUT2D eigenvalue weighted by Gasteiger charge is 2.13. The lowest BCUT2D eigenvalue weighted by atomic mass is 9.98. The van der Waals surface area contributed by atoms with Gasteiger partial charge in [0, 0.05) is 27.6 Å². The summed E-state index contributed by atoms with van der Waals surface area (Å²) >= 11 is 18.4. The molecule has 0 bridgehead atoms. The summed E-state index contributed by atoms with van der Waals surface area (Å²) in [6, 6.07) is 12.0. The molecule has 0 unspecified atom stereocenters. The molecule has 7 heteroatoms. The van der Waals surface area contributed by atoms with E-state index in [1.165, 1.54) is 11.1 Å². The second-order valence-corrected chi connectivity index (χ2v) is 9.74. The molecule has 0 aromatic heterocycles. The smallest absolute Gasteiger partial charge is 0.133 e. The molecule has 0 spiro atoms. The van der Waals surface area contributed by atoms with E-state index in [1.54, 1.807) is 36.4 Å². The van der Waals surface area contributed by atoms with Crippen molar-refractivity contribution in [3.05, 3.63) is 83.7 Å². The minimum Gasteiger partial charge on any atom is -0.508 e. The van der Waals surface area contributed by atoms with E-state index in [4.69, 9.17) is 28.3 Å². The van der Waals surface area contributed by atoms with Crippen LogP contribution in [0.15, 0.2) is 51.4 Å². The van der Waals surface area contributed by atoms with E-state index >= 15 is 0 Å². The van der Waals surface area contributed by atoms with Crippen LogP contribution >= 0.6 is 55.1 Å². The Hall–Kier alpha value is -1.40. The molecule has 0 fully saturated rings. The van der Waals surface area contributed by atoms with Crippen molar-refractivity contribution >= 4 is 55.1 Å². The lowest BCUT2D eigenvalue weighted by Gasteiger charge is -2.10. The number of rotatable bonds is 3. The molecule has 0 heterocycles. The molecule has 0 amide bonds. The Morgan fingerprint density at radius 2 is 1.27 bits per heavy atom. The van der Waals surface area contributed by atoms with Crippen molar-refractivity contribution in [1.29, 1.82) is 0 Å². The molecule has 3 aromatic rings. The topological polar surface area (TPSA) is 60.7 Å². The first kappa shape index (κ1) is 24.9. The molecule has 160 valence electrons. The second kappa shape index (κ2) is 10.8. The van der Waals surface area contributed by atoms with Crippen LogP contribution in [0.5, 0.6) is 17.2 Å². The normalized spacial score (nSPS) is 10.7.